The predicted octanol–water partition coefficient (Wildman–Crippen LogP) is 0.673. The summed E-state index contributed by atoms with van der Waals surface area (Å²) < 4.78 is 0. The van der Waals surface area contributed by atoms with Gasteiger partial charge in [-0.2, -0.15) is 0 Å². The number of rotatable bonds is 1. The Bertz CT molecular complexity index is 347. The molecular formula is C10H13N3. The Morgan fingerprint density at radius 1 is 1.54 bits per heavy atom. The highest BCUT2D eigenvalue weighted by Gasteiger charge is 1.94. The summed E-state index contributed by atoms with van der Waals surface area (Å²) in [5, 5.41) is 0. The van der Waals surface area contributed by atoms with Crippen LogP contribution in [0.25, 0.3) is 0 Å². The van der Waals surface area contributed by atoms with Crippen molar-refractivity contribution < 1.29 is 0 Å². The minimum absolute atomic E-state index is 0.585. The van der Waals surface area contributed by atoms with Gasteiger partial charge in [-0.1, -0.05) is 11.8 Å². The Morgan fingerprint density at radius 3 is 2.92 bits per heavy atom. The van der Waals surface area contributed by atoms with E-state index in [0.717, 1.165) is 11.3 Å². The van der Waals surface area contributed by atoms with E-state index in [1.807, 2.05) is 13.0 Å². The zero-order chi connectivity index (χ0) is 9.68. The van der Waals surface area contributed by atoms with E-state index in [9.17, 15) is 0 Å². The van der Waals surface area contributed by atoms with Crippen molar-refractivity contribution in [3.05, 3.63) is 23.5 Å². The fourth-order valence-electron chi connectivity index (χ4n) is 0.855. The van der Waals surface area contributed by atoms with Crippen LogP contribution in [0.5, 0.6) is 0 Å². The van der Waals surface area contributed by atoms with Crippen LogP contribution in [0, 0.1) is 18.8 Å². The molecule has 0 amide bonds. The number of anilines is 1. The second kappa shape index (κ2) is 4.48. The van der Waals surface area contributed by atoms with E-state index in [2.05, 4.69) is 16.8 Å². The van der Waals surface area contributed by atoms with Crippen molar-refractivity contribution >= 4 is 5.69 Å². The van der Waals surface area contributed by atoms with E-state index in [1.165, 1.54) is 0 Å². The highest BCUT2D eigenvalue weighted by atomic mass is 14.7. The van der Waals surface area contributed by atoms with Crippen molar-refractivity contribution in [2.75, 3.05) is 12.3 Å². The molecule has 1 rings (SSSR count). The number of hydrogen-bond donors (Lipinski definition) is 2. The maximum Gasteiger partial charge on any atom is 0.0602 e. The molecule has 0 aliphatic rings. The van der Waals surface area contributed by atoms with Crippen LogP contribution in [0.2, 0.25) is 0 Å². The molecule has 1 heterocycles. The van der Waals surface area contributed by atoms with Gasteiger partial charge in [-0.15, -0.1) is 0 Å². The van der Waals surface area contributed by atoms with Crippen molar-refractivity contribution in [2.24, 2.45) is 5.73 Å². The third kappa shape index (κ3) is 2.77. The average Bonchev–Trinajstić information content (AvgIpc) is 2.12. The third-order valence-electron chi connectivity index (χ3n) is 1.63. The highest BCUT2D eigenvalue weighted by Crippen LogP contribution is 2.08. The quantitative estimate of drug-likeness (QED) is 0.617. The molecule has 0 saturated heterocycles. The number of nitrogen functional groups attached to an aromatic ring is 1. The molecule has 3 heteroatoms. The lowest BCUT2D eigenvalue weighted by molar-refractivity contribution is 1.03. The van der Waals surface area contributed by atoms with Crippen molar-refractivity contribution in [1.29, 1.82) is 0 Å². The molecule has 1 aromatic heterocycles. The lowest BCUT2D eigenvalue weighted by atomic mass is 10.2. The van der Waals surface area contributed by atoms with E-state index < -0.39 is 0 Å². The van der Waals surface area contributed by atoms with Crippen molar-refractivity contribution in [3.63, 3.8) is 0 Å². The average molecular weight is 175 g/mol. The molecule has 13 heavy (non-hydrogen) atoms. The first-order valence-electron chi connectivity index (χ1n) is 4.15. The molecule has 0 fully saturated rings. The van der Waals surface area contributed by atoms with Gasteiger partial charge in [0, 0.05) is 24.7 Å². The van der Waals surface area contributed by atoms with Crippen LogP contribution in [0.15, 0.2) is 12.3 Å². The van der Waals surface area contributed by atoms with Gasteiger partial charge in [0.2, 0.25) is 0 Å². The first kappa shape index (κ1) is 9.56. The molecule has 0 radical (unpaired) electrons. The lowest BCUT2D eigenvalue weighted by Crippen LogP contribution is -1.96. The van der Waals surface area contributed by atoms with Crippen LogP contribution in [0.4, 0.5) is 5.69 Å². The largest absolute Gasteiger partial charge is 0.397 e. The number of aromatic nitrogens is 1. The smallest absolute Gasteiger partial charge is 0.0602 e. The molecule has 0 aromatic carbocycles. The topological polar surface area (TPSA) is 64.9 Å². The van der Waals surface area contributed by atoms with Crippen molar-refractivity contribution in [1.82, 2.24) is 4.98 Å². The van der Waals surface area contributed by atoms with Crippen LogP contribution < -0.4 is 11.5 Å². The van der Waals surface area contributed by atoms with Gasteiger partial charge in [0.25, 0.3) is 0 Å². The Kier molecular flexibility index (Phi) is 3.30. The molecular weight excluding hydrogens is 162 g/mol. The molecule has 0 saturated carbocycles. The number of nitrogens with zero attached hydrogens (tertiary/aromatic N) is 1. The maximum absolute atomic E-state index is 5.67. The van der Waals surface area contributed by atoms with Gasteiger partial charge in [0.05, 0.1) is 11.4 Å². The fraction of sp³-hybridized carbons (Fsp3) is 0.300. The summed E-state index contributed by atoms with van der Waals surface area (Å²) in [5.74, 6) is 5.87. The summed E-state index contributed by atoms with van der Waals surface area (Å²) in [4.78, 5) is 4.10. The highest BCUT2D eigenvalue weighted by molar-refractivity contribution is 5.48. The van der Waals surface area contributed by atoms with E-state index in [-0.39, 0.29) is 0 Å². The summed E-state index contributed by atoms with van der Waals surface area (Å²) in [6.07, 6.45) is 2.42. The monoisotopic (exact) mass is 175 g/mol. The van der Waals surface area contributed by atoms with Crippen LogP contribution in [0.3, 0.4) is 0 Å². The van der Waals surface area contributed by atoms with Gasteiger partial charge in [0.1, 0.15) is 0 Å². The summed E-state index contributed by atoms with van der Waals surface area (Å²) in [6.45, 7) is 2.45. The molecule has 1 aromatic rings. The number of pyridine rings is 1. The molecule has 0 bridgehead atoms. The zero-order valence-corrected chi connectivity index (χ0v) is 7.67. The summed E-state index contributed by atoms with van der Waals surface area (Å²) in [5.41, 5.74) is 13.3. The van der Waals surface area contributed by atoms with E-state index >= 15 is 0 Å². The normalized spacial score (nSPS) is 9.08. The number of nitrogens with two attached hydrogens (primary N) is 2. The van der Waals surface area contributed by atoms with Crippen molar-refractivity contribution in [2.45, 2.75) is 13.3 Å². The predicted molar refractivity (Wildman–Crippen MR) is 53.9 cm³/mol. The minimum Gasteiger partial charge on any atom is -0.397 e. The minimum atomic E-state index is 0.585. The number of aryl methyl sites for hydroxylation is 1. The SMILES string of the molecule is Cc1ncc(C#CCCN)cc1N. The molecule has 0 atom stereocenters. The molecule has 0 spiro atoms. The standard InChI is InChI=1S/C10H13N3/c1-8-10(12)6-9(7-13-8)4-2-3-5-11/h6-7H,3,5,11-12H2,1H3. The van der Waals surface area contributed by atoms with Crippen molar-refractivity contribution in [3.8, 4) is 11.8 Å². The van der Waals surface area contributed by atoms with E-state index in [0.29, 0.717) is 18.7 Å². The van der Waals surface area contributed by atoms with Crippen LogP contribution in [0.1, 0.15) is 17.7 Å². The molecule has 68 valence electrons. The van der Waals surface area contributed by atoms with Gasteiger partial charge in [-0.05, 0) is 13.0 Å². The second-order valence-corrected chi connectivity index (χ2v) is 2.74. The van der Waals surface area contributed by atoms with Crippen LogP contribution >= 0.6 is 0 Å². The summed E-state index contributed by atoms with van der Waals surface area (Å²) in [6, 6.07) is 1.83. The first-order valence-corrected chi connectivity index (χ1v) is 4.15. The van der Waals surface area contributed by atoms with Crippen LogP contribution in [-0.4, -0.2) is 11.5 Å². The van der Waals surface area contributed by atoms with Gasteiger partial charge in [-0.3, -0.25) is 4.98 Å². The van der Waals surface area contributed by atoms with E-state index in [1.54, 1.807) is 6.20 Å². The fourth-order valence-corrected chi connectivity index (χ4v) is 0.855. The first-order chi connectivity index (χ1) is 6.24. The summed E-state index contributed by atoms with van der Waals surface area (Å²) in [7, 11) is 0. The van der Waals surface area contributed by atoms with Gasteiger partial charge in [-0.25, -0.2) is 0 Å². The van der Waals surface area contributed by atoms with Gasteiger partial charge < -0.3 is 11.5 Å². The molecule has 3 nitrogen and oxygen atoms in total. The van der Waals surface area contributed by atoms with Gasteiger partial charge >= 0.3 is 0 Å². The van der Waals surface area contributed by atoms with E-state index in [4.69, 9.17) is 11.5 Å². The van der Waals surface area contributed by atoms with Crippen LogP contribution in [-0.2, 0) is 0 Å². The molecule has 0 unspecified atom stereocenters. The van der Waals surface area contributed by atoms with Gasteiger partial charge in [0.15, 0.2) is 0 Å². The molecule has 0 aliphatic carbocycles. The zero-order valence-electron chi connectivity index (χ0n) is 7.67. The Morgan fingerprint density at radius 2 is 2.31 bits per heavy atom. The Balaban J connectivity index is 2.81. The lowest BCUT2D eigenvalue weighted by Gasteiger charge is -1.97. The second-order valence-electron chi connectivity index (χ2n) is 2.74. The maximum atomic E-state index is 5.67. The molecule has 0 aliphatic heterocycles. The summed E-state index contributed by atoms with van der Waals surface area (Å²) >= 11 is 0. The molecule has 4 N–H and O–H groups in total. The number of hydrogen-bond acceptors (Lipinski definition) is 3. The Hall–Kier alpha value is -1.53. The third-order valence-corrected chi connectivity index (χ3v) is 1.63. The Labute approximate surface area is 78.2 Å².